The molecular weight excluding hydrogens is 200 g/mol. The lowest BCUT2D eigenvalue weighted by atomic mass is 10.2. The molecule has 14 heavy (non-hydrogen) atoms. The van der Waals surface area contributed by atoms with Crippen LogP contribution in [-0.2, 0) is 0 Å². The fourth-order valence-electron chi connectivity index (χ4n) is 1.14. The molecule has 0 spiro atoms. The number of pyridine rings is 1. The summed E-state index contributed by atoms with van der Waals surface area (Å²) >= 11 is 6.05. The van der Waals surface area contributed by atoms with Gasteiger partial charge in [-0.3, -0.25) is 0 Å². The molecule has 3 nitrogen and oxygen atoms in total. The smallest absolute Gasteiger partial charge is 0.145 e. The van der Waals surface area contributed by atoms with Gasteiger partial charge in [0, 0.05) is 18.8 Å². The van der Waals surface area contributed by atoms with Crippen LogP contribution in [0.3, 0.4) is 0 Å². The van der Waals surface area contributed by atoms with Gasteiger partial charge in [-0.05, 0) is 31.9 Å². The van der Waals surface area contributed by atoms with Crippen LogP contribution in [0.15, 0.2) is 12.3 Å². The van der Waals surface area contributed by atoms with Crippen LogP contribution < -0.4 is 5.32 Å². The molecule has 1 atom stereocenters. The molecule has 4 heteroatoms. The summed E-state index contributed by atoms with van der Waals surface area (Å²) in [5.74, 6) is 0.688. The lowest BCUT2D eigenvalue weighted by Crippen LogP contribution is -2.17. The fraction of sp³-hybridized carbons (Fsp3) is 0.500. The van der Waals surface area contributed by atoms with Gasteiger partial charge in [0.05, 0.1) is 5.02 Å². The Hall–Kier alpha value is -0.800. The van der Waals surface area contributed by atoms with Crippen LogP contribution in [0.5, 0.6) is 0 Å². The average Bonchev–Trinajstić information content (AvgIpc) is 2.13. The molecule has 0 aromatic carbocycles. The highest BCUT2D eigenvalue weighted by Crippen LogP contribution is 2.23. The highest BCUT2D eigenvalue weighted by molar-refractivity contribution is 6.33. The third-order valence-corrected chi connectivity index (χ3v) is 2.50. The Morgan fingerprint density at radius 3 is 3.00 bits per heavy atom. The maximum atomic E-state index is 8.75. The van der Waals surface area contributed by atoms with E-state index in [0.29, 0.717) is 17.3 Å². The van der Waals surface area contributed by atoms with Crippen molar-refractivity contribution >= 4 is 17.4 Å². The number of aryl methyl sites for hydroxylation is 1. The van der Waals surface area contributed by atoms with E-state index in [-0.39, 0.29) is 12.6 Å². The Balaban J connectivity index is 2.71. The Morgan fingerprint density at radius 2 is 2.36 bits per heavy atom. The molecule has 1 rings (SSSR count). The minimum absolute atomic E-state index is 0.164. The lowest BCUT2D eigenvalue weighted by molar-refractivity contribution is 0.282. The summed E-state index contributed by atoms with van der Waals surface area (Å²) in [4.78, 5) is 4.14. The first-order chi connectivity index (χ1) is 6.65. The molecule has 0 aliphatic heterocycles. The zero-order valence-corrected chi connectivity index (χ0v) is 9.17. The van der Waals surface area contributed by atoms with Gasteiger partial charge in [-0.1, -0.05) is 11.6 Å². The van der Waals surface area contributed by atoms with Crippen molar-refractivity contribution in [3.63, 3.8) is 0 Å². The molecule has 0 saturated carbocycles. The van der Waals surface area contributed by atoms with Crippen LogP contribution in [0.25, 0.3) is 0 Å². The van der Waals surface area contributed by atoms with Gasteiger partial charge < -0.3 is 10.4 Å². The number of nitrogens with zero attached hydrogens (tertiary/aromatic N) is 1. The van der Waals surface area contributed by atoms with E-state index in [1.807, 2.05) is 19.9 Å². The topological polar surface area (TPSA) is 45.2 Å². The molecule has 0 bridgehead atoms. The van der Waals surface area contributed by atoms with Gasteiger partial charge in [-0.25, -0.2) is 4.98 Å². The number of halogens is 1. The molecule has 0 radical (unpaired) electrons. The van der Waals surface area contributed by atoms with Gasteiger partial charge in [0.25, 0.3) is 0 Å². The van der Waals surface area contributed by atoms with Crippen LogP contribution in [0.1, 0.15) is 18.9 Å². The summed E-state index contributed by atoms with van der Waals surface area (Å²) < 4.78 is 0. The summed E-state index contributed by atoms with van der Waals surface area (Å²) in [5.41, 5.74) is 1.00. The van der Waals surface area contributed by atoms with Gasteiger partial charge in [0.2, 0.25) is 0 Å². The largest absolute Gasteiger partial charge is 0.396 e. The molecule has 0 aliphatic carbocycles. The van der Waals surface area contributed by atoms with E-state index in [2.05, 4.69) is 10.3 Å². The maximum absolute atomic E-state index is 8.75. The van der Waals surface area contributed by atoms with Crippen molar-refractivity contribution in [2.75, 3.05) is 11.9 Å². The molecule has 0 fully saturated rings. The number of rotatable bonds is 4. The summed E-state index contributed by atoms with van der Waals surface area (Å²) in [5, 5.41) is 12.5. The van der Waals surface area contributed by atoms with Gasteiger partial charge >= 0.3 is 0 Å². The molecule has 1 heterocycles. The first-order valence-corrected chi connectivity index (χ1v) is 5.01. The zero-order valence-electron chi connectivity index (χ0n) is 8.42. The molecule has 1 aromatic rings. The van der Waals surface area contributed by atoms with Crippen LogP contribution in [-0.4, -0.2) is 22.7 Å². The van der Waals surface area contributed by atoms with Crippen molar-refractivity contribution < 1.29 is 5.11 Å². The Morgan fingerprint density at radius 1 is 1.64 bits per heavy atom. The molecule has 2 N–H and O–H groups in total. The van der Waals surface area contributed by atoms with Crippen molar-refractivity contribution in [1.82, 2.24) is 4.98 Å². The van der Waals surface area contributed by atoms with Crippen LogP contribution in [0, 0.1) is 6.92 Å². The number of nitrogens with one attached hydrogen (secondary N) is 1. The molecule has 0 saturated heterocycles. The highest BCUT2D eigenvalue weighted by atomic mass is 35.5. The predicted octanol–water partition coefficient (Wildman–Crippen LogP) is 2.23. The molecule has 0 amide bonds. The molecule has 1 unspecified atom stereocenters. The van der Waals surface area contributed by atoms with E-state index < -0.39 is 0 Å². The normalized spacial score (nSPS) is 12.6. The quantitative estimate of drug-likeness (QED) is 0.808. The monoisotopic (exact) mass is 214 g/mol. The summed E-state index contributed by atoms with van der Waals surface area (Å²) in [6, 6.07) is 2.04. The lowest BCUT2D eigenvalue weighted by Gasteiger charge is -2.14. The van der Waals surface area contributed by atoms with E-state index in [1.54, 1.807) is 6.20 Å². The van der Waals surface area contributed by atoms with Crippen molar-refractivity contribution in [3.8, 4) is 0 Å². The van der Waals surface area contributed by atoms with Crippen LogP contribution >= 0.6 is 11.6 Å². The van der Waals surface area contributed by atoms with E-state index >= 15 is 0 Å². The van der Waals surface area contributed by atoms with Gasteiger partial charge in [-0.15, -0.1) is 0 Å². The van der Waals surface area contributed by atoms with E-state index in [1.165, 1.54) is 0 Å². The summed E-state index contributed by atoms with van der Waals surface area (Å²) in [6.45, 7) is 4.08. The predicted molar refractivity (Wildman–Crippen MR) is 58.8 cm³/mol. The standard InChI is InChI=1S/C10H15ClN2O/c1-7-3-5-12-10(9(7)11)13-8(2)4-6-14/h3,5,8,14H,4,6H2,1-2H3,(H,12,13). The fourth-order valence-corrected chi connectivity index (χ4v) is 1.31. The zero-order chi connectivity index (χ0) is 10.6. The van der Waals surface area contributed by atoms with E-state index in [0.717, 1.165) is 5.56 Å². The van der Waals surface area contributed by atoms with Gasteiger partial charge in [0.1, 0.15) is 5.82 Å². The number of aliphatic hydroxyl groups is 1. The third-order valence-electron chi connectivity index (χ3n) is 2.03. The van der Waals surface area contributed by atoms with E-state index in [9.17, 15) is 0 Å². The number of anilines is 1. The molecule has 0 aliphatic rings. The Kier molecular flexibility index (Phi) is 4.17. The number of hydrogen-bond donors (Lipinski definition) is 2. The van der Waals surface area contributed by atoms with Crippen molar-refractivity contribution in [1.29, 1.82) is 0 Å². The third kappa shape index (κ3) is 2.86. The highest BCUT2D eigenvalue weighted by Gasteiger charge is 2.07. The minimum Gasteiger partial charge on any atom is -0.396 e. The van der Waals surface area contributed by atoms with Gasteiger partial charge in [0.15, 0.2) is 0 Å². The minimum atomic E-state index is 0.164. The Bertz CT molecular complexity index is 304. The van der Waals surface area contributed by atoms with Crippen LogP contribution in [0.4, 0.5) is 5.82 Å². The van der Waals surface area contributed by atoms with E-state index in [4.69, 9.17) is 16.7 Å². The van der Waals surface area contributed by atoms with Crippen LogP contribution in [0.2, 0.25) is 5.02 Å². The first kappa shape index (κ1) is 11.3. The summed E-state index contributed by atoms with van der Waals surface area (Å²) in [6.07, 6.45) is 2.40. The molecule has 78 valence electrons. The van der Waals surface area contributed by atoms with Gasteiger partial charge in [-0.2, -0.15) is 0 Å². The maximum Gasteiger partial charge on any atom is 0.145 e. The average molecular weight is 215 g/mol. The van der Waals surface area contributed by atoms with Crippen molar-refractivity contribution in [2.24, 2.45) is 0 Å². The van der Waals surface area contributed by atoms with Crippen molar-refractivity contribution in [2.45, 2.75) is 26.3 Å². The molecular formula is C10H15ClN2O. The second-order valence-corrected chi connectivity index (χ2v) is 3.73. The molecule has 1 aromatic heterocycles. The number of aliphatic hydroxyl groups excluding tert-OH is 1. The number of aromatic nitrogens is 1. The second kappa shape index (κ2) is 5.17. The van der Waals surface area contributed by atoms with Crippen molar-refractivity contribution in [3.05, 3.63) is 22.8 Å². The summed E-state index contributed by atoms with van der Waals surface area (Å²) in [7, 11) is 0. The second-order valence-electron chi connectivity index (χ2n) is 3.35. The first-order valence-electron chi connectivity index (χ1n) is 4.63. The Labute approximate surface area is 89.1 Å². The number of hydrogen-bond acceptors (Lipinski definition) is 3. The SMILES string of the molecule is Cc1ccnc(NC(C)CCO)c1Cl.